The number of nitro groups is 1. The van der Waals surface area contributed by atoms with E-state index in [1.54, 1.807) is 18.6 Å². The molecular weight excluding hydrogens is 306 g/mol. The molecule has 0 aliphatic heterocycles. The highest BCUT2D eigenvalue weighted by molar-refractivity contribution is 6.32. The normalized spacial score (nSPS) is 10.8. The summed E-state index contributed by atoms with van der Waals surface area (Å²) in [6.45, 7) is 0.390. The first kappa shape index (κ1) is 14.3. The molecule has 3 aromatic rings. The van der Waals surface area contributed by atoms with Gasteiger partial charge in [-0.15, -0.1) is 0 Å². The van der Waals surface area contributed by atoms with E-state index in [0.29, 0.717) is 12.4 Å². The number of nitrogens with one attached hydrogen (secondary N) is 1. The van der Waals surface area contributed by atoms with E-state index >= 15 is 0 Å². The summed E-state index contributed by atoms with van der Waals surface area (Å²) < 4.78 is 1.90. The summed E-state index contributed by atoms with van der Waals surface area (Å²) in [5.41, 5.74) is 2.35. The van der Waals surface area contributed by atoms with Gasteiger partial charge in [-0.1, -0.05) is 17.7 Å². The number of pyridine rings is 1. The van der Waals surface area contributed by atoms with Gasteiger partial charge in [-0.2, -0.15) is 0 Å². The van der Waals surface area contributed by atoms with Crippen LogP contribution in [0.3, 0.4) is 0 Å². The molecule has 0 bridgehead atoms. The van der Waals surface area contributed by atoms with Crippen molar-refractivity contribution in [3.63, 3.8) is 0 Å². The molecule has 1 N–H and O–H groups in total. The van der Waals surface area contributed by atoms with Gasteiger partial charge in [0.15, 0.2) is 5.82 Å². The SMILES string of the molecule is Cn1cnc2c(NCc3ccc(Cl)c([N+](=O)[O-])c3)nccc21. The average Bonchev–Trinajstić information content (AvgIpc) is 2.88. The van der Waals surface area contributed by atoms with Crippen molar-refractivity contribution in [2.24, 2.45) is 7.05 Å². The van der Waals surface area contributed by atoms with Crippen molar-refractivity contribution < 1.29 is 4.92 Å². The van der Waals surface area contributed by atoms with Crippen LogP contribution in [0.25, 0.3) is 11.0 Å². The number of hydrogen-bond acceptors (Lipinski definition) is 5. The molecule has 0 spiro atoms. The molecule has 0 atom stereocenters. The van der Waals surface area contributed by atoms with Gasteiger partial charge in [0.25, 0.3) is 5.69 Å². The van der Waals surface area contributed by atoms with Crippen LogP contribution in [0, 0.1) is 10.1 Å². The van der Waals surface area contributed by atoms with Gasteiger partial charge in [0, 0.05) is 25.9 Å². The van der Waals surface area contributed by atoms with Crippen molar-refractivity contribution >= 4 is 34.1 Å². The van der Waals surface area contributed by atoms with Crippen LogP contribution in [0.5, 0.6) is 0 Å². The third-order valence-electron chi connectivity index (χ3n) is 3.31. The van der Waals surface area contributed by atoms with Crippen molar-refractivity contribution in [1.29, 1.82) is 0 Å². The molecule has 0 unspecified atom stereocenters. The number of rotatable bonds is 4. The maximum atomic E-state index is 10.9. The highest BCUT2D eigenvalue weighted by atomic mass is 35.5. The number of fused-ring (bicyclic) bond motifs is 1. The molecule has 0 aliphatic rings. The molecule has 0 amide bonds. The number of halogens is 1. The minimum Gasteiger partial charge on any atom is -0.364 e. The molecule has 0 saturated heterocycles. The predicted octanol–water partition coefficient (Wildman–Crippen LogP) is 3.14. The zero-order chi connectivity index (χ0) is 15.7. The van der Waals surface area contributed by atoms with E-state index in [2.05, 4.69) is 15.3 Å². The Morgan fingerprint density at radius 2 is 2.18 bits per heavy atom. The van der Waals surface area contributed by atoms with Crippen LogP contribution in [-0.2, 0) is 13.6 Å². The van der Waals surface area contributed by atoms with Gasteiger partial charge in [-0.05, 0) is 17.7 Å². The first-order valence-corrected chi connectivity index (χ1v) is 6.87. The summed E-state index contributed by atoms with van der Waals surface area (Å²) in [6, 6.07) is 6.58. The fraction of sp³-hybridized carbons (Fsp3) is 0.143. The molecule has 0 fully saturated rings. The largest absolute Gasteiger partial charge is 0.364 e. The molecule has 2 heterocycles. The summed E-state index contributed by atoms with van der Waals surface area (Å²) in [7, 11) is 1.90. The summed E-state index contributed by atoms with van der Waals surface area (Å²) in [5.74, 6) is 0.635. The molecule has 112 valence electrons. The Labute approximate surface area is 130 Å². The second-order valence-corrected chi connectivity index (χ2v) is 5.19. The van der Waals surface area contributed by atoms with Gasteiger partial charge in [-0.25, -0.2) is 9.97 Å². The maximum absolute atomic E-state index is 10.9. The number of aromatic nitrogens is 3. The van der Waals surface area contributed by atoms with Crippen molar-refractivity contribution in [2.45, 2.75) is 6.54 Å². The zero-order valence-electron chi connectivity index (χ0n) is 11.7. The van der Waals surface area contributed by atoms with Crippen LogP contribution in [0.2, 0.25) is 5.02 Å². The van der Waals surface area contributed by atoms with Crippen LogP contribution in [0.4, 0.5) is 11.5 Å². The molecule has 2 aromatic heterocycles. The third kappa shape index (κ3) is 2.58. The Morgan fingerprint density at radius 1 is 1.36 bits per heavy atom. The molecule has 0 saturated carbocycles. The molecule has 7 nitrogen and oxygen atoms in total. The van der Waals surface area contributed by atoms with Crippen molar-refractivity contribution in [2.75, 3.05) is 5.32 Å². The maximum Gasteiger partial charge on any atom is 0.288 e. The lowest BCUT2D eigenvalue weighted by molar-refractivity contribution is -0.384. The standard InChI is InChI=1S/C14H12ClN5O2/c1-19-8-18-13-11(19)4-5-16-14(13)17-7-9-2-3-10(15)12(6-9)20(21)22/h2-6,8H,7H2,1H3,(H,16,17). The Morgan fingerprint density at radius 3 is 2.95 bits per heavy atom. The molecule has 22 heavy (non-hydrogen) atoms. The van der Waals surface area contributed by atoms with E-state index in [-0.39, 0.29) is 10.7 Å². The lowest BCUT2D eigenvalue weighted by Gasteiger charge is -2.07. The average molecular weight is 318 g/mol. The van der Waals surface area contributed by atoms with Gasteiger partial charge < -0.3 is 9.88 Å². The predicted molar refractivity (Wildman–Crippen MR) is 83.9 cm³/mol. The fourth-order valence-corrected chi connectivity index (χ4v) is 2.37. The number of benzene rings is 1. The Bertz CT molecular complexity index is 862. The Kier molecular flexibility index (Phi) is 3.64. The molecular formula is C14H12ClN5O2. The number of imidazole rings is 1. The number of anilines is 1. The Balaban J connectivity index is 1.85. The van der Waals surface area contributed by atoms with Gasteiger partial charge in [-0.3, -0.25) is 10.1 Å². The highest BCUT2D eigenvalue weighted by Gasteiger charge is 2.13. The minimum atomic E-state index is -0.496. The van der Waals surface area contributed by atoms with Crippen LogP contribution < -0.4 is 5.32 Å². The van der Waals surface area contributed by atoms with Crippen LogP contribution in [0.1, 0.15) is 5.56 Å². The second-order valence-electron chi connectivity index (χ2n) is 4.78. The van der Waals surface area contributed by atoms with E-state index in [1.165, 1.54) is 12.1 Å². The minimum absolute atomic E-state index is 0.107. The number of hydrogen-bond donors (Lipinski definition) is 1. The van der Waals surface area contributed by atoms with Crippen LogP contribution in [0.15, 0.2) is 36.8 Å². The Hall–Kier alpha value is -2.67. The van der Waals surface area contributed by atoms with E-state index in [4.69, 9.17) is 11.6 Å². The smallest absolute Gasteiger partial charge is 0.288 e. The summed E-state index contributed by atoms with van der Waals surface area (Å²) in [5, 5.41) is 14.2. The molecule has 3 rings (SSSR count). The van der Waals surface area contributed by atoms with Gasteiger partial charge in [0.05, 0.1) is 16.8 Å². The highest BCUT2D eigenvalue weighted by Crippen LogP contribution is 2.26. The monoisotopic (exact) mass is 317 g/mol. The summed E-state index contributed by atoms with van der Waals surface area (Å²) in [4.78, 5) is 19.0. The number of nitro benzene ring substituents is 1. The van der Waals surface area contributed by atoms with Crippen molar-refractivity contribution in [3.8, 4) is 0 Å². The lowest BCUT2D eigenvalue weighted by Crippen LogP contribution is -2.03. The van der Waals surface area contributed by atoms with Gasteiger partial charge in [0.1, 0.15) is 10.5 Å². The van der Waals surface area contributed by atoms with Crippen molar-refractivity contribution in [1.82, 2.24) is 14.5 Å². The topological polar surface area (TPSA) is 85.9 Å². The zero-order valence-corrected chi connectivity index (χ0v) is 12.4. The first-order valence-electron chi connectivity index (χ1n) is 6.49. The molecule has 0 radical (unpaired) electrons. The first-order chi connectivity index (χ1) is 10.6. The molecule has 0 aliphatic carbocycles. The van der Waals surface area contributed by atoms with Crippen LogP contribution >= 0.6 is 11.6 Å². The van der Waals surface area contributed by atoms with Crippen LogP contribution in [-0.4, -0.2) is 19.5 Å². The molecule has 8 heteroatoms. The molecule has 1 aromatic carbocycles. The van der Waals surface area contributed by atoms with Gasteiger partial charge in [0.2, 0.25) is 0 Å². The lowest BCUT2D eigenvalue weighted by atomic mass is 10.2. The number of nitrogens with zero attached hydrogens (tertiary/aromatic N) is 4. The van der Waals surface area contributed by atoms with E-state index in [0.717, 1.165) is 16.6 Å². The van der Waals surface area contributed by atoms with Crippen molar-refractivity contribution in [3.05, 3.63) is 57.5 Å². The van der Waals surface area contributed by atoms with E-state index in [9.17, 15) is 10.1 Å². The second kappa shape index (κ2) is 5.61. The van der Waals surface area contributed by atoms with E-state index < -0.39 is 4.92 Å². The third-order valence-corrected chi connectivity index (χ3v) is 3.63. The fourth-order valence-electron chi connectivity index (χ4n) is 2.19. The number of aryl methyl sites for hydroxylation is 1. The quantitative estimate of drug-likeness (QED) is 0.590. The summed E-state index contributed by atoms with van der Waals surface area (Å²) >= 11 is 5.80. The van der Waals surface area contributed by atoms with E-state index in [1.807, 2.05) is 17.7 Å². The van der Waals surface area contributed by atoms with Gasteiger partial charge >= 0.3 is 0 Å². The summed E-state index contributed by atoms with van der Waals surface area (Å²) in [6.07, 6.45) is 3.40.